The fourth-order valence-electron chi connectivity index (χ4n) is 1.74. The summed E-state index contributed by atoms with van der Waals surface area (Å²) in [6.07, 6.45) is 0. The van der Waals surface area contributed by atoms with Crippen molar-refractivity contribution < 1.29 is 4.84 Å². The molecule has 0 saturated heterocycles. The Bertz CT molecular complexity index is 479. The highest BCUT2D eigenvalue weighted by Gasteiger charge is 2.00. The van der Waals surface area contributed by atoms with E-state index < -0.39 is 0 Å². The van der Waals surface area contributed by atoms with Crippen LogP contribution in [0.4, 0.5) is 5.69 Å². The second-order valence-electron chi connectivity index (χ2n) is 4.66. The molecular formula is C16H19NO. The number of benzene rings is 2. The maximum Gasteiger partial charge on any atom is 0.0996 e. The lowest BCUT2D eigenvalue weighted by Gasteiger charge is -2.10. The van der Waals surface area contributed by atoms with Crippen molar-refractivity contribution >= 4 is 5.69 Å². The van der Waals surface area contributed by atoms with Gasteiger partial charge in [-0.25, -0.2) is 0 Å². The maximum atomic E-state index is 5.49. The van der Waals surface area contributed by atoms with Gasteiger partial charge in [0.25, 0.3) is 0 Å². The van der Waals surface area contributed by atoms with Crippen molar-refractivity contribution in [1.29, 1.82) is 0 Å². The predicted molar refractivity (Wildman–Crippen MR) is 75.4 cm³/mol. The molecule has 0 saturated carbocycles. The number of hydrogen-bond acceptors (Lipinski definition) is 2. The zero-order valence-corrected chi connectivity index (χ0v) is 10.9. The molecule has 2 aromatic carbocycles. The summed E-state index contributed by atoms with van der Waals surface area (Å²) >= 11 is 0. The first-order chi connectivity index (χ1) is 8.75. The fourth-order valence-corrected chi connectivity index (χ4v) is 1.74. The largest absolute Gasteiger partial charge is 0.271 e. The van der Waals surface area contributed by atoms with Crippen LogP contribution >= 0.6 is 0 Å². The average molecular weight is 241 g/mol. The predicted octanol–water partition coefficient (Wildman–Crippen LogP) is 4.35. The first-order valence-electron chi connectivity index (χ1n) is 6.27. The van der Waals surface area contributed by atoms with Crippen LogP contribution in [0.3, 0.4) is 0 Å². The van der Waals surface area contributed by atoms with E-state index in [-0.39, 0.29) is 0 Å². The highest BCUT2D eigenvalue weighted by Crippen LogP contribution is 2.18. The molecule has 0 atom stereocenters. The SMILES string of the molecule is CC(C)c1cccc(NOCc2ccccc2)c1. The highest BCUT2D eigenvalue weighted by molar-refractivity contribution is 5.44. The number of nitrogens with one attached hydrogen (secondary N) is 1. The second kappa shape index (κ2) is 6.22. The molecule has 0 radical (unpaired) electrons. The standard InChI is InChI=1S/C16H19NO/c1-13(2)15-9-6-10-16(11-15)17-18-12-14-7-4-3-5-8-14/h3-11,13,17H,12H2,1-2H3. The van der Waals surface area contributed by atoms with Gasteiger partial charge in [-0.1, -0.05) is 56.3 Å². The third kappa shape index (κ3) is 3.60. The van der Waals surface area contributed by atoms with Gasteiger partial charge < -0.3 is 0 Å². The van der Waals surface area contributed by atoms with Crippen LogP contribution in [0, 0.1) is 0 Å². The first kappa shape index (κ1) is 12.7. The van der Waals surface area contributed by atoms with Gasteiger partial charge in [-0.05, 0) is 29.2 Å². The summed E-state index contributed by atoms with van der Waals surface area (Å²) in [4.78, 5) is 5.49. The molecule has 0 aliphatic heterocycles. The molecule has 0 fully saturated rings. The van der Waals surface area contributed by atoms with Crippen molar-refractivity contribution in [3.8, 4) is 0 Å². The maximum absolute atomic E-state index is 5.49. The summed E-state index contributed by atoms with van der Waals surface area (Å²) in [6, 6.07) is 18.4. The monoisotopic (exact) mass is 241 g/mol. The molecule has 2 nitrogen and oxygen atoms in total. The van der Waals surface area contributed by atoms with E-state index in [0.717, 1.165) is 11.3 Å². The van der Waals surface area contributed by atoms with Gasteiger partial charge in [0.15, 0.2) is 0 Å². The molecule has 2 rings (SSSR count). The molecule has 94 valence electrons. The summed E-state index contributed by atoms with van der Waals surface area (Å²) in [7, 11) is 0. The highest BCUT2D eigenvalue weighted by atomic mass is 16.6. The molecule has 2 aromatic rings. The van der Waals surface area contributed by atoms with Crippen molar-refractivity contribution in [3.05, 3.63) is 65.7 Å². The normalized spacial score (nSPS) is 10.6. The molecule has 18 heavy (non-hydrogen) atoms. The molecule has 0 spiro atoms. The first-order valence-corrected chi connectivity index (χ1v) is 6.27. The Balaban J connectivity index is 1.89. The Morgan fingerprint density at radius 2 is 1.78 bits per heavy atom. The molecule has 0 heterocycles. The van der Waals surface area contributed by atoms with E-state index in [9.17, 15) is 0 Å². The summed E-state index contributed by atoms with van der Waals surface area (Å²) in [6.45, 7) is 4.93. The van der Waals surface area contributed by atoms with E-state index in [1.165, 1.54) is 5.56 Å². The van der Waals surface area contributed by atoms with E-state index in [4.69, 9.17) is 4.84 Å². The minimum atomic E-state index is 0.529. The smallest absolute Gasteiger partial charge is 0.0996 e. The van der Waals surface area contributed by atoms with Gasteiger partial charge in [-0.2, -0.15) is 0 Å². The Hall–Kier alpha value is -1.80. The van der Waals surface area contributed by atoms with Gasteiger partial charge in [0.2, 0.25) is 0 Å². The van der Waals surface area contributed by atoms with Crippen molar-refractivity contribution in [1.82, 2.24) is 0 Å². The van der Waals surface area contributed by atoms with Crippen molar-refractivity contribution in [3.63, 3.8) is 0 Å². The van der Waals surface area contributed by atoms with Crippen LogP contribution < -0.4 is 5.48 Å². The number of rotatable bonds is 5. The van der Waals surface area contributed by atoms with Crippen LogP contribution in [0.5, 0.6) is 0 Å². The summed E-state index contributed by atoms with van der Waals surface area (Å²) in [5.74, 6) is 0.529. The Morgan fingerprint density at radius 3 is 2.50 bits per heavy atom. The zero-order valence-electron chi connectivity index (χ0n) is 10.9. The summed E-state index contributed by atoms with van der Waals surface area (Å²) < 4.78 is 0. The number of hydrogen-bond donors (Lipinski definition) is 1. The minimum absolute atomic E-state index is 0.529. The van der Waals surface area contributed by atoms with Gasteiger partial charge in [-0.3, -0.25) is 10.3 Å². The molecule has 0 aliphatic rings. The van der Waals surface area contributed by atoms with Crippen molar-refractivity contribution in [2.75, 3.05) is 5.48 Å². The molecule has 0 amide bonds. The molecule has 1 N–H and O–H groups in total. The van der Waals surface area contributed by atoms with Crippen LogP contribution in [0.25, 0.3) is 0 Å². The third-order valence-corrected chi connectivity index (χ3v) is 2.82. The minimum Gasteiger partial charge on any atom is -0.271 e. The lowest BCUT2D eigenvalue weighted by molar-refractivity contribution is 0.180. The summed E-state index contributed by atoms with van der Waals surface area (Å²) in [5, 5.41) is 0. The molecule has 0 bridgehead atoms. The van der Waals surface area contributed by atoms with Gasteiger partial charge >= 0.3 is 0 Å². The van der Waals surface area contributed by atoms with E-state index in [1.54, 1.807) is 0 Å². The molecule has 0 aromatic heterocycles. The second-order valence-corrected chi connectivity index (χ2v) is 4.66. The molecule has 0 aliphatic carbocycles. The van der Waals surface area contributed by atoms with E-state index >= 15 is 0 Å². The van der Waals surface area contributed by atoms with Crippen molar-refractivity contribution in [2.45, 2.75) is 26.4 Å². The van der Waals surface area contributed by atoms with Gasteiger partial charge in [-0.15, -0.1) is 0 Å². The van der Waals surface area contributed by atoms with Gasteiger partial charge in [0.1, 0.15) is 0 Å². The van der Waals surface area contributed by atoms with E-state index in [2.05, 4.69) is 31.5 Å². The number of anilines is 1. The van der Waals surface area contributed by atoms with E-state index in [0.29, 0.717) is 12.5 Å². The third-order valence-electron chi connectivity index (χ3n) is 2.82. The van der Waals surface area contributed by atoms with Crippen LogP contribution in [-0.4, -0.2) is 0 Å². The summed E-state index contributed by atoms with van der Waals surface area (Å²) in [5.41, 5.74) is 6.45. The van der Waals surface area contributed by atoms with E-state index in [1.807, 2.05) is 42.5 Å². The van der Waals surface area contributed by atoms with Crippen LogP contribution in [-0.2, 0) is 11.4 Å². The van der Waals surface area contributed by atoms with Gasteiger partial charge in [0.05, 0.1) is 12.3 Å². The van der Waals surface area contributed by atoms with Crippen LogP contribution in [0.2, 0.25) is 0 Å². The Kier molecular flexibility index (Phi) is 4.37. The van der Waals surface area contributed by atoms with Crippen LogP contribution in [0.1, 0.15) is 30.9 Å². The topological polar surface area (TPSA) is 21.3 Å². The average Bonchev–Trinajstić information content (AvgIpc) is 2.40. The molecular weight excluding hydrogens is 222 g/mol. The lowest BCUT2D eigenvalue weighted by Crippen LogP contribution is -2.02. The molecule has 2 heteroatoms. The quantitative estimate of drug-likeness (QED) is 0.785. The Morgan fingerprint density at radius 1 is 1.00 bits per heavy atom. The van der Waals surface area contributed by atoms with Crippen molar-refractivity contribution in [2.24, 2.45) is 0 Å². The lowest BCUT2D eigenvalue weighted by atomic mass is 10.0. The molecule has 0 unspecified atom stereocenters. The fraction of sp³-hybridized carbons (Fsp3) is 0.250. The van der Waals surface area contributed by atoms with Crippen LogP contribution in [0.15, 0.2) is 54.6 Å². The Labute approximate surface area is 109 Å². The van der Waals surface area contributed by atoms with Gasteiger partial charge in [0, 0.05) is 0 Å². The zero-order chi connectivity index (χ0) is 12.8.